The number of nitrogens with zero attached hydrogens (tertiary/aromatic N) is 2. The summed E-state index contributed by atoms with van der Waals surface area (Å²) in [7, 11) is 1.84. The van der Waals surface area contributed by atoms with Crippen LogP contribution in [0.2, 0.25) is 0 Å². The highest BCUT2D eigenvalue weighted by atomic mass is 19.1. The lowest BCUT2D eigenvalue weighted by Gasteiger charge is -2.31. The van der Waals surface area contributed by atoms with E-state index in [4.69, 9.17) is 4.84 Å². The van der Waals surface area contributed by atoms with Crippen molar-refractivity contribution in [3.05, 3.63) is 35.4 Å². The van der Waals surface area contributed by atoms with Gasteiger partial charge < -0.3 is 9.74 Å². The minimum Gasteiger partial charge on any atom is -0.391 e. The van der Waals surface area contributed by atoms with Crippen molar-refractivity contribution in [2.24, 2.45) is 5.16 Å². The highest BCUT2D eigenvalue weighted by Crippen LogP contribution is 2.25. The molecule has 1 amide bonds. The van der Waals surface area contributed by atoms with Crippen molar-refractivity contribution in [3.63, 3.8) is 0 Å². The number of benzene rings is 1. The van der Waals surface area contributed by atoms with Crippen LogP contribution in [-0.2, 0) is 9.63 Å². The Kier molecular flexibility index (Phi) is 5.11. The molecule has 0 aromatic heterocycles. The average Bonchev–Trinajstić information content (AvgIpc) is 3.03. The standard InChI is InChI=1S/C18H22F2N2O2/c1-22(13-5-3-2-4-6-13)18(23)11-14-10-17(21-24-14)15-8-7-12(19)9-16(15)20/h7-9,13-14H,2-6,10-11H2,1H3. The van der Waals surface area contributed by atoms with Crippen LogP contribution in [0, 0.1) is 11.6 Å². The van der Waals surface area contributed by atoms with Gasteiger partial charge in [0.25, 0.3) is 0 Å². The SMILES string of the molecule is CN(C(=O)CC1CC(c2ccc(F)cc2F)=NO1)C1CCCCC1. The molecule has 24 heavy (non-hydrogen) atoms. The van der Waals surface area contributed by atoms with Gasteiger partial charge in [-0.2, -0.15) is 0 Å². The number of carbonyl (C=O) groups excluding carboxylic acids is 1. The fraction of sp³-hybridized carbons (Fsp3) is 0.556. The first-order valence-corrected chi connectivity index (χ1v) is 8.48. The van der Waals surface area contributed by atoms with Crippen LogP contribution in [0.15, 0.2) is 23.4 Å². The van der Waals surface area contributed by atoms with Crippen molar-refractivity contribution in [1.29, 1.82) is 0 Å². The smallest absolute Gasteiger partial charge is 0.226 e. The molecule has 130 valence electrons. The summed E-state index contributed by atoms with van der Waals surface area (Å²) in [5, 5.41) is 3.89. The summed E-state index contributed by atoms with van der Waals surface area (Å²) in [6.45, 7) is 0. The molecule has 6 heteroatoms. The summed E-state index contributed by atoms with van der Waals surface area (Å²) >= 11 is 0. The molecular weight excluding hydrogens is 314 g/mol. The molecule has 1 aliphatic heterocycles. The molecule has 1 aromatic carbocycles. The third kappa shape index (κ3) is 3.74. The lowest BCUT2D eigenvalue weighted by atomic mass is 9.94. The van der Waals surface area contributed by atoms with Gasteiger partial charge in [-0.25, -0.2) is 8.78 Å². The predicted molar refractivity (Wildman–Crippen MR) is 86.6 cm³/mol. The van der Waals surface area contributed by atoms with E-state index in [2.05, 4.69) is 5.16 Å². The van der Waals surface area contributed by atoms with Crippen LogP contribution in [0.3, 0.4) is 0 Å². The highest BCUT2D eigenvalue weighted by Gasteiger charge is 2.29. The van der Waals surface area contributed by atoms with Crippen molar-refractivity contribution in [3.8, 4) is 0 Å². The maximum atomic E-state index is 13.8. The number of hydrogen-bond donors (Lipinski definition) is 0. The minimum atomic E-state index is -0.663. The van der Waals surface area contributed by atoms with E-state index in [0.717, 1.165) is 18.9 Å². The maximum absolute atomic E-state index is 13.8. The molecule has 2 aliphatic rings. The second-order valence-electron chi connectivity index (χ2n) is 6.59. The summed E-state index contributed by atoms with van der Waals surface area (Å²) in [6.07, 6.45) is 5.87. The summed E-state index contributed by atoms with van der Waals surface area (Å²) in [4.78, 5) is 19.5. The van der Waals surface area contributed by atoms with E-state index in [1.807, 2.05) is 11.9 Å². The second-order valence-corrected chi connectivity index (χ2v) is 6.59. The van der Waals surface area contributed by atoms with Gasteiger partial charge in [0.1, 0.15) is 17.7 Å². The highest BCUT2D eigenvalue weighted by molar-refractivity contribution is 6.01. The molecule has 0 spiro atoms. The van der Waals surface area contributed by atoms with E-state index in [9.17, 15) is 13.6 Å². The van der Waals surface area contributed by atoms with Gasteiger partial charge in [0.2, 0.25) is 5.91 Å². The number of hydrogen-bond acceptors (Lipinski definition) is 3. The van der Waals surface area contributed by atoms with E-state index < -0.39 is 11.6 Å². The van der Waals surface area contributed by atoms with Crippen molar-refractivity contribution < 1.29 is 18.4 Å². The van der Waals surface area contributed by atoms with E-state index in [-0.39, 0.29) is 24.0 Å². The van der Waals surface area contributed by atoms with Gasteiger partial charge in [0.15, 0.2) is 0 Å². The monoisotopic (exact) mass is 336 g/mol. The van der Waals surface area contributed by atoms with Gasteiger partial charge in [-0.1, -0.05) is 24.4 Å². The first-order valence-electron chi connectivity index (χ1n) is 8.48. The Bertz CT molecular complexity index is 642. The van der Waals surface area contributed by atoms with E-state index in [0.29, 0.717) is 18.2 Å². The summed E-state index contributed by atoms with van der Waals surface area (Å²) in [5.41, 5.74) is 0.651. The molecule has 1 fully saturated rings. The predicted octanol–water partition coefficient (Wildman–Crippen LogP) is 3.64. The summed E-state index contributed by atoms with van der Waals surface area (Å²) < 4.78 is 26.8. The van der Waals surface area contributed by atoms with E-state index >= 15 is 0 Å². The molecule has 0 bridgehead atoms. The molecule has 1 aromatic rings. The van der Waals surface area contributed by atoms with Gasteiger partial charge in [-0.05, 0) is 25.0 Å². The Labute approximate surface area is 140 Å². The largest absolute Gasteiger partial charge is 0.391 e. The average molecular weight is 336 g/mol. The third-order valence-corrected chi connectivity index (χ3v) is 4.89. The van der Waals surface area contributed by atoms with Gasteiger partial charge in [-0.3, -0.25) is 4.79 Å². The van der Waals surface area contributed by atoms with Crippen LogP contribution in [0.5, 0.6) is 0 Å². The zero-order valence-corrected chi connectivity index (χ0v) is 13.8. The number of amides is 1. The zero-order valence-electron chi connectivity index (χ0n) is 13.8. The topological polar surface area (TPSA) is 41.9 Å². The molecule has 3 rings (SSSR count). The van der Waals surface area contributed by atoms with Crippen LogP contribution in [0.4, 0.5) is 8.78 Å². The van der Waals surface area contributed by atoms with Gasteiger partial charge in [-0.15, -0.1) is 0 Å². The normalized spacial score (nSPS) is 21.3. The Morgan fingerprint density at radius 1 is 1.29 bits per heavy atom. The zero-order chi connectivity index (χ0) is 17.1. The molecule has 0 N–H and O–H groups in total. The third-order valence-electron chi connectivity index (χ3n) is 4.89. The second kappa shape index (κ2) is 7.28. The Balaban J connectivity index is 1.56. The van der Waals surface area contributed by atoms with Gasteiger partial charge in [0.05, 0.1) is 12.1 Å². The van der Waals surface area contributed by atoms with Crippen molar-refractivity contribution in [2.45, 2.75) is 57.1 Å². The first-order chi connectivity index (χ1) is 11.5. The molecule has 1 aliphatic carbocycles. The van der Waals surface area contributed by atoms with Crippen LogP contribution >= 0.6 is 0 Å². The quantitative estimate of drug-likeness (QED) is 0.842. The fourth-order valence-corrected chi connectivity index (χ4v) is 3.43. The van der Waals surface area contributed by atoms with Crippen molar-refractivity contribution in [2.75, 3.05) is 7.05 Å². The molecule has 1 saturated carbocycles. The van der Waals surface area contributed by atoms with Crippen LogP contribution in [0.25, 0.3) is 0 Å². The Morgan fingerprint density at radius 3 is 2.75 bits per heavy atom. The van der Waals surface area contributed by atoms with Crippen LogP contribution in [0.1, 0.15) is 50.5 Å². The van der Waals surface area contributed by atoms with Gasteiger partial charge in [0, 0.05) is 31.1 Å². The molecular formula is C18H22F2N2O2. The fourth-order valence-electron chi connectivity index (χ4n) is 3.43. The number of oxime groups is 1. The molecule has 0 radical (unpaired) electrons. The lowest BCUT2D eigenvalue weighted by Crippen LogP contribution is -2.39. The summed E-state index contributed by atoms with van der Waals surface area (Å²) in [5.74, 6) is -1.26. The van der Waals surface area contributed by atoms with Crippen LogP contribution in [-0.4, -0.2) is 35.7 Å². The summed E-state index contributed by atoms with van der Waals surface area (Å²) in [6, 6.07) is 3.68. The lowest BCUT2D eigenvalue weighted by molar-refractivity contribution is -0.135. The molecule has 1 heterocycles. The Morgan fingerprint density at radius 2 is 2.04 bits per heavy atom. The van der Waals surface area contributed by atoms with E-state index in [1.54, 1.807) is 0 Å². The first kappa shape index (κ1) is 16.9. The maximum Gasteiger partial charge on any atom is 0.226 e. The molecule has 1 unspecified atom stereocenters. The van der Waals surface area contributed by atoms with Gasteiger partial charge >= 0.3 is 0 Å². The molecule has 0 saturated heterocycles. The van der Waals surface area contributed by atoms with Crippen molar-refractivity contribution >= 4 is 11.6 Å². The number of rotatable bonds is 4. The van der Waals surface area contributed by atoms with E-state index in [1.165, 1.54) is 31.4 Å². The van der Waals surface area contributed by atoms with Crippen LogP contribution < -0.4 is 0 Å². The van der Waals surface area contributed by atoms with Crippen molar-refractivity contribution in [1.82, 2.24) is 4.90 Å². The molecule has 4 nitrogen and oxygen atoms in total. The number of halogens is 2. The number of carbonyl (C=O) groups is 1. The molecule has 1 atom stereocenters. The minimum absolute atomic E-state index is 0.0305. The Hall–Kier alpha value is -1.98.